The highest BCUT2D eigenvalue weighted by molar-refractivity contribution is 8.00. The van der Waals surface area contributed by atoms with Gasteiger partial charge in [-0.15, -0.1) is 11.8 Å². The number of methoxy groups -OCH3 is 4. The number of thioether (sulfide) groups is 1. The van der Waals surface area contributed by atoms with E-state index in [1.165, 1.54) is 26.6 Å². The van der Waals surface area contributed by atoms with E-state index in [9.17, 15) is 9.59 Å². The van der Waals surface area contributed by atoms with Crippen LogP contribution in [-0.4, -0.2) is 64.2 Å². The normalized spacial score (nSPS) is 10.8. The van der Waals surface area contributed by atoms with Crippen LogP contribution in [0.4, 0.5) is 0 Å². The van der Waals surface area contributed by atoms with Gasteiger partial charge in [0.1, 0.15) is 23.0 Å². The third kappa shape index (κ3) is 8.37. The van der Waals surface area contributed by atoms with Crippen molar-refractivity contribution in [2.75, 3.05) is 39.9 Å². The minimum atomic E-state index is -0.344. The van der Waals surface area contributed by atoms with Gasteiger partial charge >= 0.3 is 0 Å². The summed E-state index contributed by atoms with van der Waals surface area (Å²) in [5.74, 6) is 1.84. The van der Waals surface area contributed by atoms with E-state index in [1.807, 2.05) is 0 Å². The van der Waals surface area contributed by atoms with Crippen molar-refractivity contribution < 1.29 is 28.5 Å². The summed E-state index contributed by atoms with van der Waals surface area (Å²) in [6.07, 6.45) is 2.94. The van der Waals surface area contributed by atoms with Crippen molar-refractivity contribution in [3.05, 3.63) is 47.5 Å². The molecule has 2 aromatic carbocycles. The summed E-state index contributed by atoms with van der Waals surface area (Å²) in [6, 6.07) is 10.5. The molecule has 2 aromatic rings. The number of hydrogen-bond acceptors (Lipinski definition) is 9. The molecule has 0 saturated heterocycles. The van der Waals surface area contributed by atoms with Crippen LogP contribution in [0.15, 0.2) is 46.6 Å². The number of hydrazone groups is 2. The molecule has 0 radical (unpaired) electrons. The van der Waals surface area contributed by atoms with Crippen LogP contribution >= 0.6 is 11.8 Å². The van der Waals surface area contributed by atoms with Crippen molar-refractivity contribution in [1.29, 1.82) is 0 Å². The molecule has 0 aliphatic heterocycles. The van der Waals surface area contributed by atoms with Crippen molar-refractivity contribution in [2.24, 2.45) is 10.2 Å². The molecule has 0 aromatic heterocycles. The molecule has 2 N–H and O–H groups in total. The summed E-state index contributed by atoms with van der Waals surface area (Å²) in [4.78, 5) is 23.8. The monoisotopic (exact) mass is 474 g/mol. The van der Waals surface area contributed by atoms with Crippen LogP contribution < -0.4 is 29.8 Å². The average Bonchev–Trinajstić information content (AvgIpc) is 2.84. The van der Waals surface area contributed by atoms with E-state index in [2.05, 4.69) is 21.1 Å². The molecule has 2 amide bonds. The number of carbonyl (C=O) groups is 2. The number of carbonyl (C=O) groups excluding carboxylic acids is 2. The molecule has 0 unspecified atom stereocenters. The van der Waals surface area contributed by atoms with Crippen LogP contribution in [0.5, 0.6) is 23.0 Å². The predicted molar refractivity (Wildman–Crippen MR) is 128 cm³/mol. The van der Waals surface area contributed by atoms with E-state index in [1.54, 1.807) is 50.6 Å². The fraction of sp³-hybridized carbons (Fsp3) is 0.273. The molecule has 0 heterocycles. The maximum Gasteiger partial charge on any atom is 0.250 e. The Hall–Kier alpha value is -3.73. The molecule has 11 heteroatoms. The summed E-state index contributed by atoms with van der Waals surface area (Å²) < 4.78 is 20.8. The van der Waals surface area contributed by atoms with Gasteiger partial charge in [0.05, 0.1) is 52.4 Å². The molecular formula is C22H26N4O6S. The van der Waals surface area contributed by atoms with E-state index < -0.39 is 0 Å². The first-order valence-corrected chi connectivity index (χ1v) is 10.8. The van der Waals surface area contributed by atoms with E-state index in [0.717, 1.165) is 11.8 Å². The summed E-state index contributed by atoms with van der Waals surface area (Å²) in [5, 5.41) is 7.82. The first kappa shape index (κ1) is 25.5. The van der Waals surface area contributed by atoms with Gasteiger partial charge in [0, 0.05) is 23.3 Å². The maximum absolute atomic E-state index is 11.9. The Labute approximate surface area is 196 Å². The van der Waals surface area contributed by atoms with Crippen LogP contribution in [0.2, 0.25) is 0 Å². The predicted octanol–water partition coefficient (Wildman–Crippen LogP) is 2.05. The van der Waals surface area contributed by atoms with Gasteiger partial charge < -0.3 is 18.9 Å². The lowest BCUT2D eigenvalue weighted by atomic mass is 10.2. The number of nitrogens with zero attached hydrogens (tertiary/aromatic N) is 2. The second-order valence-electron chi connectivity index (χ2n) is 6.29. The lowest BCUT2D eigenvalue weighted by molar-refractivity contribution is -0.118. The molecular weight excluding hydrogens is 448 g/mol. The largest absolute Gasteiger partial charge is 0.497 e. The fourth-order valence-electron chi connectivity index (χ4n) is 2.50. The highest BCUT2D eigenvalue weighted by Crippen LogP contribution is 2.23. The molecule has 0 bridgehead atoms. The Kier molecular flexibility index (Phi) is 10.5. The fourth-order valence-corrected chi connectivity index (χ4v) is 3.10. The molecule has 10 nitrogen and oxygen atoms in total. The minimum Gasteiger partial charge on any atom is -0.497 e. The van der Waals surface area contributed by atoms with Crippen LogP contribution in [0.25, 0.3) is 0 Å². The Morgan fingerprint density at radius 2 is 1.18 bits per heavy atom. The molecule has 0 fully saturated rings. The molecule has 33 heavy (non-hydrogen) atoms. The van der Waals surface area contributed by atoms with Crippen LogP contribution in [0, 0.1) is 0 Å². The lowest BCUT2D eigenvalue weighted by Gasteiger charge is -2.07. The average molecular weight is 475 g/mol. The van der Waals surface area contributed by atoms with Crippen LogP contribution in [0.1, 0.15) is 11.1 Å². The number of amides is 2. The number of rotatable bonds is 12. The minimum absolute atomic E-state index is 0.0561. The van der Waals surface area contributed by atoms with Gasteiger partial charge in [-0.05, 0) is 24.3 Å². The first-order valence-electron chi connectivity index (χ1n) is 9.66. The van der Waals surface area contributed by atoms with Crippen molar-refractivity contribution in [3.63, 3.8) is 0 Å². The maximum atomic E-state index is 11.9. The van der Waals surface area contributed by atoms with Crippen molar-refractivity contribution >= 4 is 36.0 Å². The summed E-state index contributed by atoms with van der Waals surface area (Å²) in [6.45, 7) is 0. The zero-order valence-electron chi connectivity index (χ0n) is 18.8. The highest BCUT2D eigenvalue weighted by Gasteiger charge is 2.06. The first-order chi connectivity index (χ1) is 16.0. The third-order valence-electron chi connectivity index (χ3n) is 4.13. The van der Waals surface area contributed by atoms with Gasteiger partial charge in [-0.2, -0.15) is 10.2 Å². The Morgan fingerprint density at radius 1 is 0.758 bits per heavy atom. The van der Waals surface area contributed by atoms with Crippen molar-refractivity contribution in [2.45, 2.75) is 0 Å². The molecule has 0 aliphatic carbocycles. The lowest BCUT2D eigenvalue weighted by Crippen LogP contribution is -2.23. The van der Waals surface area contributed by atoms with Gasteiger partial charge in [0.2, 0.25) is 11.8 Å². The highest BCUT2D eigenvalue weighted by atomic mass is 32.2. The molecule has 0 spiro atoms. The van der Waals surface area contributed by atoms with Gasteiger partial charge in [-0.3, -0.25) is 9.59 Å². The van der Waals surface area contributed by atoms with Crippen LogP contribution in [-0.2, 0) is 9.59 Å². The SMILES string of the molecule is COc1ccc(/C=N/NC(=O)CSCC(=O)N/N=C/c2ccc(OC)cc2OC)c(OC)c1. The van der Waals surface area contributed by atoms with Crippen molar-refractivity contribution in [3.8, 4) is 23.0 Å². The van der Waals surface area contributed by atoms with E-state index in [4.69, 9.17) is 18.9 Å². The van der Waals surface area contributed by atoms with Gasteiger partial charge in [-0.1, -0.05) is 0 Å². The Balaban J connectivity index is 1.73. The zero-order valence-corrected chi connectivity index (χ0v) is 19.6. The second kappa shape index (κ2) is 13.6. The van der Waals surface area contributed by atoms with Gasteiger partial charge in [0.25, 0.3) is 0 Å². The number of benzene rings is 2. The van der Waals surface area contributed by atoms with Gasteiger partial charge in [-0.25, -0.2) is 10.9 Å². The summed E-state index contributed by atoms with van der Waals surface area (Å²) in [7, 11) is 6.18. The number of ether oxygens (including phenoxy) is 4. The van der Waals surface area contributed by atoms with E-state index in [0.29, 0.717) is 34.1 Å². The topological polar surface area (TPSA) is 120 Å². The van der Waals surface area contributed by atoms with E-state index >= 15 is 0 Å². The summed E-state index contributed by atoms with van der Waals surface area (Å²) >= 11 is 1.13. The number of hydrogen-bond donors (Lipinski definition) is 2. The quantitative estimate of drug-likeness (QED) is 0.357. The van der Waals surface area contributed by atoms with E-state index in [-0.39, 0.29) is 23.3 Å². The molecule has 0 atom stereocenters. The molecule has 176 valence electrons. The Morgan fingerprint density at radius 3 is 1.55 bits per heavy atom. The molecule has 2 rings (SSSR count). The zero-order chi connectivity index (χ0) is 24.1. The second-order valence-corrected chi connectivity index (χ2v) is 7.28. The summed E-state index contributed by atoms with van der Waals surface area (Å²) in [5.41, 5.74) is 6.17. The third-order valence-corrected chi connectivity index (χ3v) is 5.07. The van der Waals surface area contributed by atoms with Crippen LogP contribution in [0.3, 0.4) is 0 Å². The van der Waals surface area contributed by atoms with Crippen molar-refractivity contribution in [1.82, 2.24) is 10.9 Å². The smallest absolute Gasteiger partial charge is 0.250 e. The standard InChI is InChI=1S/C22H26N4O6S/c1-29-17-7-5-15(19(9-17)31-3)11-23-25-21(27)13-33-14-22(28)26-24-12-16-6-8-18(30-2)10-20(16)32-4/h5-12H,13-14H2,1-4H3,(H,25,27)(H,26,28)/b23-11+,24-12+. The number of nitrogens with one attached hydrogen (secondary N) is 2. The Bertz CT molecular complexity index is 933. The van der Waals surface area contributed by atoms with Gasteiger partial charge in [0.15, 0.2) is 0 Å². The molecule has 0 saturated carbocycles. The molecule has 0 aliphatic rings.